The van der Waals surface area contributed by atoms with Gasteiger partial charge in [-0.25, -0.2) is 0 Å². The molecule has 4 heterocycles. The van der Waals surface area contributed by atoms with Crippen LogP contribution in [0.15, 0.2) is 28.1 Å². The minimum Gasteiger partial charge on any atom is -0.342 e. The van der Waals surface area contributed by atoms with Crippen molar-refractivity contribution in [2.45, 2.75) is 44.4 Å². The molecule has 5 rings (SSSR count). The molecule has 3 aromatic heterocycles. The van der Waals surface area contributed by atoms with Crippen molar-refractivity contribution in [1.29, 1.82) is 0 Å². The van der Waals surface area contributed by atoms with Crippen LogP contribution in [0, 0.1) is 0 Å². The molecule has 27 heavy (non-hydrogen) atoms. The van der Waals surface area contributed by atoms with E-state index in [-0.39, 0.29) is 11.8 Å². The molecule has 0 saturated carbocycles. The van der Waals surface area contributed by atoms with Gasteiger partial charge in [-0.05, 0) is 55.2 Å². The van der Waals surface area contributed by atoms with E-state index < -0.39 is 0 Å². The number of aryl methyl sites for hydroxylation is 2. The largest absolute Gasteiger partial charge is 0.342 e. The molecule has 0 N–H and O–H groups in total. The van der Waals surface area contributed by atoms with Crippen molar-refractivity contribution >= 4 is 28.6 Å². The van der Waals surface area contributed by atoms with Crippen LogP contribution in [0.4, 0.5) is 0 Å². The second kappa shape index (κ2) is 7.20. The molecular weight excluding hydrogens is 378 g/mol. The lowest BCUT2D eigenvalue weighted by atomic mass is 9.99. The van der Waals surface area contributed by atoms with Crippen LogP contribution in [0.1, 0.15) is 46.3 Å². The number of thiophene rings is 2. The molecule has 1 aliphatic heterocycles. The van der Waals surface area contributed by atoms with E-state index in [2.05, 4.69) is 33.7 Å². The normalized spacial score (nSPS) is 19.6. The summed E-state index contributed by atoms with van der Waals surface area (Å²) >= 11 is 3.52. The van der Waals surface area contributed by atoms with Crippen molar-refractivity contribution in [3.05, 3.63) is 44.7 Å². The summed E-state index contributed by atoms with van der Waals surface area (Å²) in [6, 6.07) is 6.39. The van der Waals surface area contributed by atoms with Crippen LogP contribution >= 0.6 is 22.7 Å². The standard InChI is InChI=1S/C20H21N3O2S2/c24-18-11-14(12-23(18)8-7-15-5-3-9-26-15)19-21-20(25-22-19)17-10-13-4-1-2-6-16(13)27-17/h3,5,9-10,14H,1-2,4,6-8,11-12H2. The molecule has 140 valence electrons. The van der Waals surface area contributed by atoms with Crippen molar-refractivity contribution < 1.29 is 9.32 Å². The Morgan fingerprint density at radius 3 is 3.07 bits per heavy atom. The number of hydrogen-bond acceptors (Lipinski definition) is 6. The quantitative estimate of drug-likeness (QED) is 0.642. The predicted octanol–water partition coefficient (Wildman–Crippen LogP) is 4.30. The average Bonchev–Trinajstić information content (AvgIpc) is 3.45. The molecule has 1 fully saturated rings. The lowest BCUT2D eigenvalue weighted by Crippen LogP contribution is -2.27. The number of nitrogens with zero attached hydrogens (tertiary/aromatic N) is 3. The number of fused-ring (bicyclic) bond motifs is 1. The van der Waals surface area contributed by atoms with E-state index in [1.54, 1.807) is 22.7 Å². The van der Waals surface area contributed by atoms with Crippen LogP contribution in [0.2, 0.25) is 0 Å². The highest BCUT2D eigenvalue weighted by Gasteiger charge is 2.33. The number of likely N-dealkylation sites (tertiary alicyclic amines) is 1. The molecule has 1 amide bonds. The summed E-state index contributed by atoms with van der Waals surface area (Å²) < 4.78 is 5.55. The van der Waals surface area contributed by atoms with Crippen molar-refractivity contribution in [2.75, 3.05) is 13.1 Å². The lowest BCUT2D eigenvalue weighted by molar-refractivity contribution is -0.127. The molecule has 2 aliphatic rings. The summed E-state index contributed by atoms with van der Waals surface area (Å²) in [5.74, 6) is 1.50. The van der Waals surface area contributed by atoms with Gasteiger partial charge in [-0.2, -0.15) is 4.98 Å². The Hall–Kier alpha value is -1.99. The number of hydrogen-bond donors (Lipinski definition) is 0. The second-order valence-corrected chi connectivity index (χ2v) is 9.46. The number of aromatic nitrogens is 2. The Labute approximate surface area is 166 Å². The van der Waals surface area contributed by atoms with Crippen LogP contribution in [-0.4, -0.2) is 34.0 Å². The molecule has 0 radical (unpaired) electrons. The van der Waals surface area contributed by atoms with Gasteiger partial charge in [0.25, 0.3) is 5.89 Å². The van der Waals surface area contributed by atoms with E-state index in [0.717, 1.165) is 30.7 Å². The Kier molecular flexibility index (Phi) is 4.57. The molecule has 5 nitrogen and oxygen atoms in total. The molecule has 0 spiro atoms. The molecule has 0 bridgehead atoms. The topological polar surface area (TPSA) is 59.2 Å². The Morgan fingerprint density at radius 1 is 1.30 bits per heavy atom. The maximum absolute atomic E-state index is 12.4. The summed E-state index contributed by atoms with van der Waals surface area (Å²) in [7, 11) is 0. The van der Waals surface area contributed by atoms with Gasteiger partial charge in [0.1, 0.15) is 0 Å². The highest BCUT2D eigenvalue weighted by atomic mass is 32.1. The summed E-state index contributed by atoms with van der Waals surface area (Å²) in [6.45, 7) is 1.45. The molecule has 1 saturated heterocycles. The summed E-state index contributed by atoms with van der Waals surface area (Å²) in [5.41, 5.74) is 1.44. The summed E-state index contributed by atoms with van der Waals surface area (Å²) in [6.07, 6.45) is 6.25. The zero-order chi connectivity index (χ0) is 18.2. The zero-order valence-electron chi connectivity index (χ0n) is 15.0. The Morgan fingerprint density at radius 2 is 2.22 bits per heavy atom. The summed E-state index contributed by atoms with van der Waals surface area (Å²) in [5, 5.41) is 6.28. The van der Waals surface area contributed by atoms with Gasteiger partial charge in [0.05, 0.1) is 4.88 Å². The van der Waals surface area contributed by atoms with Crippen molar-refractivity contribution in [3.8, 4) is 10.8 Å². The van der Waals surface area contributed by atoms with Crippen molar-refractivity contribution in [3.63, 3.8) is 0 Å². The van der Waals surface area contributed by atoms with Gasteiger partial charge in [0.15, 0.2) is 5.82 Å². The van der Waals surface area contributed by atoms with Gasteiger partial charge in [-0.3, -0.25) is 4.79 Å². The molecule has 3 aromatic rings. The molecule has 7 heteroatoms. The first kappa shape index (κ1) is 17.1. The monoisotopic (exact) mass is 399 g/mol. The fraction of sp³-hybridized carbons (Fsp3) is 0.450. The SMILES string of the molecule is O=C1CC(c2noc(-c3cc4c(s3)CCCC4)n2)CN1CCc1cccs1. The predicted molar refractivity (Wildman–Crippen MR) is 106 cm³/mol. The van der Waals surface area contributed by atoms with Gasteiger partial charge in [0.2, 0.25) is 5.91 Å². The number of amides is 1. The average molecular weight is 400 g/mol. The van der Waals surface area contributed by atoms with Crippen LogP contribution < -0.4 is 0 Å². The Bertz CT molecular complexity index is 921. The fourth-order valence-corrected chi connectivity index (χ4v) is 5.83. The van der Waals surface area contributed by atoms with Crippen LogP contribution in [-0.2, 0) is 24.1 Å². The zero-order valence-corrected chi connectivity index (χ0v) is 16.7. The summed E-state index contributed by atoms with van der Waals surface area (Å²) in [4.78, 5) is 22.8. The third-order valence-electron chi connectivity index (χ3n) is 5.44. The van der Waals surface area contributed by atoms with Crippen molar-refractivity contribution in [2.24, 2.45) is 0 Å². The third-order valence-corrected chi connectivity index (χ3v) is 7.60. The number of carbonyl (C=O) groups is 1. The first-order chi connectivity index (χ1) is 13.3. The highest BCUT2D eigenvalue weighted by Crippen LogP contribution is 2.36. The number of carbonyl (C=O) groups excluding carboxylic acids is 1. The Balaban J connectivity index is 1.27. The van der Waals surface area contributed by atoms with Crippen LogP contribution in [0.5, 0.6) is 0 Å². The molecule has 0 aromatic carbocycles. The molecular formula is C20H21N3O2S2. The van der Waals surface area contributed by atoms with E-state index >= 15 is 0 Å². The van der Waals surface area contributed by atoms with Gasteiger partial charge >= 0.3 is 0 Å². The molecule has 1 aliphatic carbocycles. The van der Waals surface area contributed by atoms with Gasteiger partial charge in [-0.15, -0.1) is 22.7 Å². The van der Waals surface area contributed by atoms with Crippen LogP contribution in [0.3, 0.4) is 0 Å². The maximum Gasteiger partial charge on any atom is 0.268 e. The fourth-order valence-electron chi connectivity index (χ4n) is 3.96. The van der Waals surface area contributed by atoms with E-state index in [0.29, 0.717) is 24.7 Å². The highest BCUT2D eigenvalue weighted by molar-refractivity contribution is 7.15. The van der Waals surface area contributed by atoms with Gasteiger partial charge in [-0.1, -0.05) is 11.2 Å². The van der Waals surface area contributed by atoms with Gasteiger partial charge < -0.3 is 9.42 Å². The van der Waals surface area contributed by atoms with E-state index in [1.165, 1.54) is 28.2 Å². The molecule has 1 atom stereocenters. The number of rotatable bonds is 5. The third kappa shape index (κ3) is 3.46. The lowest BCUT2D eigenvalue weighted by Gasteiger charge is -2.15. The minimum atomic E-state index is 0.0351. The maximum atomic E-state index is 12.4. The smallest absolute Gasteiger partial charge is 0.268 e. The van der Waals surface area contributed by atoms with E-state index in [1.807, 2.05) is 4.90 Å². The van der Waals surface area contributed by atoms with Crippen molar-refractivity contribution in [1.82, 2.24) is 15.0 Å². The van der Waals surface area contributed by atoms with Gasteiger partial charge in [0, 0.05) is 35.2 Å². The second-order valence-electron chi connectivity index (χ2n) is 7.29. The molecule has 1 unspecified atom stereocenters. The van der Waals surface area contributed by atoms with Crippen LogP contribution in [0.25, 0.3) is 10.8 Å². The first-order valence-electron chi connectivity index (χ1n) is 9.52. The minimum absolute atomic E-state index is 0.0351. The van der Waals surface area contributed by atoms with E-state index in [9.17, 15) is 4.79 Å². The van der Waals surface area contributed by atoms with E-state index in [4.69, 9.17) is 4.52 Å². The first-order valence-corrected chi connectivity index (χ1v) is 11.2.